The number of nitrogens with one attached hydrogen (secondary N) is 1. The zero-order chi connectivity index (χ0) is 15.1. The van der Waals surface area contributed by atoms with Crippen LogP contribution in [0.3, 0.4) is 0 Å². The molecule has 21 heavy (non-hydrogen) atoms. The van der Waals surface area contributed by atoms with Gasteiger partial charge in [-0.25, -0.2) is 9.37 Å². The highest BCUT2D eigenvalue weighted by Crippen LogP contribution is 2.19. The van der Waals surface area contributed by atoms with E-state index in [1.54, 1.807) is 18.2 Å². The van der Waals surface area contributed by atoms with E-state index in [9.17, 15) is 4.39 Å². The fourth-order valence-electron chi connectivity index (χ4n) is 1.83. The molecule has 0 unspecified atom stereocenters. The van der Waals surface area contributed by atoms with Crippen LogP contribution in [0.5, 0.6) is 5.75 Å². The van der Waals surface area contributed by atoms with Crippen molar-refractivity contribution in [3.8, 4) is 11.8 Å². The van der Waals surface area contributed by atoms with Crippen LogP contribution in [-0.2, 0) is 13.2 Å². The zero-order valence-electron chi connectivity index (χ0n) is 11.8. The molecule has 0 aliphatic heterocycles. The number of halogens is 1. The third-order valence-electron chi connectivity index (χ3n) is 2.91. The number of pyridine rings is 1. The van der Waals surface area contributed by atoms with Crippen LogP contribution >= 0.6 is 0 Å². The third kappa shape index (κ3) is 4.26. The van der Waals surface area contributed by atoms with Gasteiger partial charge in [-0.1, -0.05) is 13.0 Å². The van der Waals surface area contributed by atoms with Gasteiger partial charge in [-0.3, -0.25) is 0 Å². The first kappa shape index (κ1) is 14.9. The Bertz CT molecular complexity index is 652. The fourth-order valence-corrected chi connectivity index (χ4v) is 1.83. The van der Waals surface area contributed by atoms with E-state index < -0.39 is 0 Å². The van der Waals surface area contributed by atoms with Gasteiger partial charge in [0.05, 0.1) is 0 Å². The van der Waals surface area contributed by atoms with Crippen LogP contribution < -0.4 is 10.1 Å². The zero-order valence-corrected chi connectivity index (χ0v) is 11.8. The number of nitriles is 1. The van der Waals surface area contributed by atoms with E-state index in [4.69, 9.17) is 10.00 Å². The van der Waals surface area contributed by atoms with Crippen molar-refractivity contribution in [2.45, 2.75) is 20.1 Å². The van der Waals surface area contributed by atoms with Gasteiger partial charge < -0.3 is 10.1 Å². The first-order valence-corrected chi connectivity index (χ1v) is 6.70. The Kier molecular flexibility index (Phi) is 5.24. The topological polar surface area (TPSA) is 57.9 Å². The van der Waals surface area contributed by atoms with Gasteiger partial charge in [-0.2, -0.15) is 5.26 Å². The Labute approximate surface area is 123 Å². The van der Waals surface area contributed by atoms with Crippen LogP contribution in [0.15, 0.2) is 36.5 Å². The predicted octanol–water partition coefficient (Wildman–Crippen LogP) is 2.78. The van der Waals surface area contributed by atoms with E-state index in [2.05, 4.69) is 10.3 Å². The minimum absolute atomic E-state index is 0.195. The van der Waals surface area contributed by atoms with E-state index in [1.807, 2.05) is 19.1 Å². The molecular formula is C16H16FN3O. The molecule has 4 nitrogen and oxygen atoms in total. The Morgan fingerprint density at radius 2 is 2.14 bits per heavy atom. The van der Waals surface area contributed by atoms with E-state index in [0.717, 1.165) is 17.7 Å². The lowest BCUT2D eigenvalue weighted by Crippen LogP contribution is -2.11. The Morgan fingerprint density at radius 3 is 2.86 bits per heavy atom. The molecule has 0 spiro atoms. The lowest BCUT2D eigenvalue weighted by Gasteiger charge is -2.09. The monoisotopic (exact) mass is 285 g/mol. The molecule has 0 bridgehead atoms. The number of hydrogen-bond acceptors (Lipinski definition) is 4. The molecule has 5 heteroatoms. The molecule has 1 heterocycles. The predicted molar refractivity (Wildman–Crippen MR) is 77.1 cm³/mol. The number of rotatable bonds is 6. The first-order valence-electron chi connectivity index (χ1n) is 6.70. The van der Waals surface area contributed by atoms with Crippen molar-refractivity contribution in [2.75, 3.05) is 6.54 Å². The maximum absolute atomic E-state index is 13.9. The smallest absolute Gasteiger partial charge is 0.165 e. The number of aromatic nitrogens is 1. The van der Waals surface area contributed by atoms with Crippen LogP contribution in [0.1, 0.15) is 23.7 Å². The highest BCUT2D eigenvalue weighted by molar-refractivity contribution is 5.30. The van der Waals surface area contributed by atoms with Crippen LogP contribution in [0, 0.1) is 17.1 Å². The summed E-state index contributed by atoms with van der Waals surface area (Å²) in [5, 5.41) is 11.9. The molecule has 1 N–H and O–H groups in total. The van der Waals surface area contributed by atoms with Crippen LogP contribution in [0.4, 0.5) is 4.39 Å². The second kappa shape index (κ2) is 7.36. The molecule has 0 atom stereocenters. The second-order valence-electron chi connectivity index (χ2n) is 4.49. The van der Waals surface area contributed by atoms with Gasteiger partial charge >= 0.3 is 0 Å². The number of benzene rings is 1. The quantitative estimate of drug-likeness (QED) is 0.886. The van der Waals surface area contributed by atoms with E-state index in [-0.39, 0.29) is 18.2 Å². The molecule has 0 saturated heterocycles. The standard InChI is InChI=1S/C16H16FN3O/c1-2-19-10-12-3-4-16(15(17)8-12)21-11-13-5-6-20-14(7-13)9-18/h3-8,19H,2,10-11H2,1H3. The van der Waals surface area contributed by atoms with Crippen molar-refractivity contribution in [3.63, 3.8) is 0 Å². The van der Waals surface area contributed by atoms with Crippen molar-refractivity contribution < 1.29 is 9.13 Å². The van der Waals surface area contributed by atoms with Crippen molar-refractivity contribution in [1.82, 2.24) is 10.3 Å². The first-order chi connectivity index (χ1) is 10.2. The molecular weight excluding hydrogens is 269 g/mol. The maximum Gasteiger partial charge on any atom is 0.165 e. The number of hydrogen-bond donors (Lipinski definition) is 1. The molecule has 0 radical (unpaired) electrons. The molecule has 108 valence electrons. The van der Waals surface area contributed by atoms with Gasteiger partial charge in [0.2, 0.25) is 0 Å². The molecule has 1 aromatic carbocycles. The minimum Gasteiger partial charge on any atom is -0.486 e. The molecule has 1 aromatic heterocycles. The van der Waals surface area contributed by atoms with Gasteiger partial charge in [0, 0.05) is 12.7 Å². The summed E-state index contributed by atoms with van der Waals surface area (Å²) in [5.41, 5.74) is 1.97. The third-order valence-corrected chi connectivity index (χ3v) is 2.91. The second-order valence-corrected chi connectivity index (χ2v) is 4.49. The van der Waals surface area contributed by atoms with Gasteiger partial charge in [-0.15, -0.1) is 0 Å². The van der Waals surface area contributed by atoms with Crippen molar-refractivity contribution in [2.24, 2.45) is 0 Å². The van der Waals surface area contributed by atoms with Crippen molar-refractivity contribution >= 4 is 0 Å². The molecule has 2 aromatic rings. The van der Waals surface area contributed by atoms with Gasteiger partial charge in [0.15, 0.2) is 11.6 Å². The summed E-state index contributed by atoms with van der Waals surface area (Å²) in [6.45, 7) is 3.66. The van der Waals surface area contributed by atoms with E-state index in [0.29, 0.717) is 12.2 Å². The molecule has 2 rings (SSSR count). The van der Waals surface area contributed by atoms with Crippen molar-refractivity contribution in [3.05, 3.63) is 59.2 Å². The molecule has 0 fully saturated rings. The summed E-state index contributed by atoms with van der Waals surface area (Å²) >= 11 is 0. The summed E-state index contributed by atoms with van der Waals surface area (Å²) < 4.78 is 19.4. The number of ether oxygens (including phenoxy) is 1. The largest absolute Gasteiger partial charge is 0.486 e. The highest BCUT2D eigenvalue weighted by atomic mass is 19.1. The lowest BCUT2D eigenvalue weighted by atomic mass is 10.2. The minimum atomic E-state index is -0.389. The average molecular weight is 285 g/mol. The van der Waals surface area contributed by atoms with E-state index >= 15 is 0 Å². The van der Waals surface area contributed by atoms with Gasteiger partial charge in [0.1, 0.15) is 18.4 Å². The summed E-state index contributed by atoms with van der Waals surface area (Å²) in [4.78, 5) is 3.87. The van der Waals surface area contributed by atoms with Gasteiger partial charge in [0.25, 0.3) is 0 Å². The SMILES string of the molecule is CCNCc1ccc(OCc2ccnc(C#N)c2)c(F)c1. The average Bonchev–Trinajstić information content (AvgIpc) is 2.52. The van der Waals surface area contributed by atoms with Crippen LogP contribution in [-0.4, -0.2) is 11.5 Å². The van der Waals surface area contributed by atoms with Crippen LogP contribution in [0.2, 0.25) is 0 Å². The Hall–Kier alpha value is -2.45. The van der Waals surface area contributed by atoms with Crippen LogP contribution in [0.25, 0.3) is 0 Å². The molecule has 0 saturated carbocycles. The molecule has 0 aliphatic carbocycles. The van der Waals surface area contributed by atoms with E-state index in [1.165, 1.54) is 12.3 Å². The maximum atomic E-state index is 13.9. The fraction of sp³-hybridized carbons (Fsp3) is 0.250. The normalized spacial score (nSPS) is 10.1. The lowest BCUT2D eigenvalue weighted by molar-refractivity contribution is 0.290. The van der Waals surface area contributed by atoms with Gasteiger partial charge in [-0.05, 0) is 41.9 Å². The summed E-state index contributed by atoms with van der Waals surface area (Å²) in [6, 6.07) is 10.2. The summed E-state index contributed by atoms with van der Waals surface area (Å²) in [5.74, 6) is -0.189. The number of nitrogens with zero attached hydrogens (tertiary/aromatic N) is 2. The summed E-state index contributed by atoms with van der Waals surface area (Å²) in [6.07, 6.45) is 1.53. The molecule has 0 amide bonds. The highest BCUT2D eigenvalue weighted by Gasteiger charge is 2.05. The molecule has 0 aliphatic rings. The summed E-state index contributed by atoms with van der Waals surface area (Å²) in [7, 11) is 0. The Balaban J connectivity index is 2.01. The Morgan fingerprint density at radius 1 is 1.29 bits per heavy atom. The van der Waals surface area contributed by atoms with Crippen molar-refractivity contribution in [1.29, 1.82) is 5.26 Å².